The van der Waals surface area contributed by atoms with Crippen molar-refractivity contribution in [2.24, 2.45) is 0 Å². The molecule has 55 heavy (non-hydrogen) atoms. The first-order valence-electron chi connectivity index (χ1n) is 19.4. The van der Waals surface area contributed by atoms with Gasteiger partial charge in [-0.2, -0.15) is 0 Å². The SMILES string of the molecule is CC(C)(C)[Si](C)(C)OC[C@H](OC(=O)c1ccccc1)C(=O)[C@H](O[Si](C)(C)C(C)(C)C)[C@H](O)[C@H](Cc1ccccc1)N(Cc1ccccc1)Cc1ccccc1. The van der Waals surface area contributed by atoms with E-state index in [2.05, 4.69) is 96.9 Å². The van der Waals surface area contributed by atoms with Crippen LogP contribution in [-0.2, 0) is 37.9 Å². The van der Waals surface area contributed by atoms with Crippen LogP contribution in [0.15, 0.2) is 121 Å². The van der Waals surface area contributed by atoms with Crippen molar-refractivity contribution in [3.63, 3.8) is 0 Å². The average Bonchev–Trinajstić information content (AvgIpc) is 3.14. The van der Waals surface area contributed by atoms with Crippen LogP contribution in [0, 0.1) is 0 Å². The van der Waals surface area contributed by atoms with Gasteiger partial charge >= 0.3 is 5.97 Å². The first-order chi connectivity index (χ1) is 25.8. The number of hydrogen-bond acceptors (Lipinski definition) is 7. The minimum absolute atomic E-state index is 0.140. The number of benzene rings is 4. The molecule has 0 aliphatic rings. The second-order valence-corrected chi connectivity index (χ2v) is 27.2. The monoisotopic (exact) mass is 781 g/mol. The summed E-state index contributed by atoms with van der Waals surface area (Å²) in [7, 11) is -5.13. The summed E-state index contributed by atoms with van der Waals surface area (Å²) in [5, 5.41) is 12.5. The molecule has 0 amide bonds. The molecule has 0 saturated heterocycles. The number of aliphatic hydroxyl groups excluding tert-OH is 1. The lowest BCUT2D eigenvalue weighted by Crippen LogP contribution is -2.59. The molecule has 0 bridgehead atoms. The Morgan fingerprint density at radius 2 is 1.05 bits per heavy atom. The van der Waals surface area contributed by atoms with Gasteiger partial charge in [0, 0.05) is 19.1 Å². The van der Waals surface area contributed by atoms with Gasteiger partial charge in [-0.05, 0) is 71.5 Å². The van der Waals surface area contributed by atoms with Crippen LogP contribution in [0.3, 0.4) is 0 Å². The Morgan fingerprint density at radius 1 is 0.636 bits per heavy atom. The highest BCUT2D eigenvalue weighted by molar-refractivity contribution is 6.74. The van der Waals surface area contributed by atoms with E-state index in [1.165, 1.54) is 0 Å². The lowest BCUT2D eigenvalue weighted by molar-refractivity contribution is -0.145. The fourth-order valence-corrected chi connectivity index (χ4v) is 8.11. The summed E-state index contributed by atoms with van der Waals surface area (Å²) in [5.41, 5.74) is 3.50. The van der Waals surface area contributed by atoms with E-state index in [4.69, 9.17) is 13.6 Å². The fourth-order valence-electron chi connectivity index (χ4n) is 5.87. The third-order valence-electron chi connectivity index (χ3n) is 11.4. The smallest absolute Gasteiger partial charge is 0.338 e. The molecule has 0 aromatic heterocycles. The Morgan fingerprint density at radius 3 is 1.49 bits per heavy atom. The number of carbonyl (C=O) groups is 2. The van der Waals surface area contributed by atoms with Crippen LogP contribution in [0.4, 0.5) is 0 Å². The van der Waals surface area contributed by atoms with Gasteiger partial charge in [0.25, 0.3) is 0 Å². The number of hydrogen-bond donors (Lipinski definition) is 1. The first-order valence-corrected chi connectivity index (χ1v) is 25.3. The number of aliphatic hydroxyl groups is 1. The average molecular weight is 782 g/mol. The van der Waals surface area contributed by atoms with Crippen LogP contribution in [0.25, 0.3) is 0 Å². The van der Waals surface area contributed by atoms with Crippen LogP contribution in [0.1, 0.15) is 68.6 Å². The number of nitrogens with zero attached hydrogens (tertiary/aromatic N) is 1. The molecule has 0 unspecified atom stereocenters. The maximum Gasteiger partial charge on any atom is 0.338 e. The van der Waals surface area contributed by atoms with Gasteiger partial charge in [-0.1, -0.05) is 151 Å². The molecule has 7 nitrogen and oxygen atoms in total. The Labute approximate surface area is 332 Å². The molecule has 0 fully saturated rings. The van der Waals surface area contributed by atoms with Crippen LogP contribution in [0.5, 0.6) is 0 Å². The molecule has 4 atom stereocenters. The molecule has 296 valence electrons. The summed E-state index contributed by atoms with van der Waals surface area (Å²) < 4.78 is 19.8. The Hall–Kier alpha value is -3.71. The van der Waals surface area contributed by atoms with Gasteiger partial charge in [0.15, 0.2) is 22.7 Å². The van der Waals surface area contributed by atoms with Crippen LogP contribution in [0.2, 0.25) is 36.3 Å². The van der Waals surface area contributed by atoms with E-state index in [-0.39, 0.29) is 16.7 Å². The maximum atomic E-state index is 15.3. The number of ether oxygens (including phenoxy) is 1. The normalized spacial score (nSPS) is 14.9. The predicted molar refractivity (Wildman–Crippen MR) is 228 cm³/mol. The van der Waals surface area contributed by atoms with Gasteiger partial charge in [-0.3, -0.25) is 9.69 Å². The minimum atomic E-state index is -2.73. The molecule has 0 radical (unpaired) electrons. The van der Waals surface area contributed by atoms with E-state index >= 15 is 4.79 Å². The number of Topliss-reactive ketones (excluding diaryl/α,β-unsaturated/α-hetero) is 1. The first kappa shape index (κ1) is 44.0. The highest BCUT2D eigenvalue weighted by Gasteiger charge is 2.48. The molecule has 4 aromatic rings. The third-order valence-corrected chi connectivity index (χ3v) is 20.4. The van der Waals surface area contributed by atoms with E-state index in [1.807, 2.05) is 72.8 Å². The molecule has 9 heteroatoms. The molecule has 0 aliphatic carbocycles. The number of ketones is 1. The zero-order chi connectivity index (χ0) is 40.4. The predicted octanol–water partition coefficient (Wildman–Crippen LogP) is 9.87. The summed E-state index contributed by atoms with van der Waals surface area (Å²) in [5.74, 6) is -1.13. The molecule has 1 N–H and O–H groups in total. The molecular weight excluding hydrogens is 719 g/mol. The fraction of sp³-hybridized carbons (Fsp3) is 0.435. The summed E-state index contributed by atoms with van der Waals surface area (Å²) in [6.45, 7) is 22.0. The zero-order valence-corrected chi connectivity index (χ0v) is 36.6. The number of esters is 1. The molecule has 0 spiro atoms. The Bertz CT molecular complexity index is 1730. The number of carbonyl (C=O) groups excluding carboxylic acids is 2. The number of rotatable bonds is 18. The van der Waals surface area contributed by atoms with Crippen molar-refractivity contribution in [2.75, 3.05) is 6.61 Å². The minimum Gasteiger partial charge on any atom is -0.448 e. The summed E-state index contributed by atoms with van der Waals surface area (Å²) >= 11 is 0. The van der Waals surface area contributed by atoms with Gasteiger partial charge in [0.05, 0.1) is 12.2 Å². The third kappa shape index (κ3) is 12.4. The van der Waals surface area contributed by atoms with Gasteiger partial charge in [0.2, 0.25) is 5.78 Å². The van der Waals surface area contributed by atoms with Gasteiger partial charge < -0.3 is 18.7 Å². The highest BCUT2D eigenvalue weighted by Crippen LogP contribution is 2.39. The van der Waals surface area contributed by atoms with E-state index in [0.29, 0.717) is 25.1 Å². The van der Waals surface area contributed by atoms with Crippen LogP contribution >= 0.6 is 0 Å². The second kappa shape index (κ2) is 19.0. The molecule has 4 rings (SSSR count). The molecule has 0 heterocycles. The van der Waals surface area contributed by atoms with Crippen molar-refractivity contribution in [3.8, 4) is 0 Å². The summed E-state index contributed by atoms with van der Waals surface area (Å²) in [4.78, 5) is 31.2. The largest absolute Gasteiger partial charge is 0.448 e. The molecular formula is C46H63NO6Si2. The standard InChI is InChI=1S/C46H63NO6Si2/c1-45(2,3)54(7,8)51-34-40(52-44(50)38-29-21-14-22-30-38)42(49)43(53-55(9,10)46(4,5)6)41(48)39(31-35-23-15-11-16-24-35)47(32-36-25-17-12-18-26-36)33-37-27-19-13-20-28-37/h11-30,39-41,43,48H,31-34H2,1-10H3/t39-,40-,41+,43+/m0/s1. The molecule has 0 aliphatic heterocycles. The van der Waals surface area contributed by atoms with E-state index in [9.17, 15) is 9.90 Å². The van der Waals surface area contributed by atoms with Crippen LogP contribution in [-0.4, -0.2) is 69.4 Å². The lowest BCUT2D eigenvalue weighted by atomic mass is 9.92. The summed E-state index contributed by atoms with van der Waals surface area (Å²) in [6, 6.07) is 38.5. The van der Waals surface area contributed by atoms with Crippen molar-refractivity contribution < 1.29 is 28.3 Å². The quantitative estimate of drug-likeness (QED) is 0.0795. The van der Waals surface area contributed by atoms with Crippen molar-refractivity contribution in [3.05, 3.63) is 144 Å². The topological polar surface area (TPSA) is 85.3 Å². The molecule has 0 saturated carbocycles. The zero-order valence-electron chi connectivity index (χ0n) is 34.6. The van der Waals surface area contributed by atoms with Crippen molar-refractivity contribution in [1.82, 2.24) is 4.90 Å². The highest BCUT2D eigenvalue weighted by atomic mass is 28.4. The van der Waals surface area contributed by atoms with Crippen molar-refractivity contribution in [2.45, 2.75) is 122 Å². The van der Waals surface area contributed by atoms with Gasteiger partial charge in [0.1, 0.15) is 12.2 Å². The van der Waals surface area contributed by atoms with E-state index in [0.717, 1.165) is 16.7 Å². The van der Waals surface area contributed by atoms with Crippen molar-refractivity contribution >= 4 is 28.4 Å². The summed E-state index contributed by atoms with van der Waals surface area (Å²) in [6.07, 6.45) is -3.50. The van der Waals surface area contributed by atoms with Gasteiger partial charge in [-0.25, -0.2) is 4.79 Å². The van der Waals surface area contributed by atoms with Crippen molar-refractivity contribution in [1.29, 1.82) is 0 Å². The molecule has 4 aromatic carbocycles. The second-order valence-electron chi connectivity index (χ2n) is 17.7. The van der Waals surface area contributed by atoms with Crippen LogP contribution < -0.4 is 0 Å². The maximum absolute atomic E-state index is 15.3. The van der Waals surface area contributed by atoms with E-state index < -0.39 is 52.7 Å². The van der Waals surface area contributed by atoms with E-state index in [1.54, 1.807) is 24.3 Å². The lowest BCUT2D eigenvalue weighted by Gasteiger charge is -2.44. The Balaban J connectivity index is 1.86. The Kier molecular flexibility index (Phi) is 15.2. The van der Waals surface area contributed by atoms with Gasteiger partial charge in [-0.15, -0.1) is 0 Å².